The van der Waals surface area contributed by atoms with Gasteiger partial charge in [0.2, 0.25) is 0 Å². The predicted molar refractivity (Wildman–Crippen MR) is 102 cm³/mol. The number of rotatable bonds is 11. The first-order valence-corrected chi connectivity index (χ1v) is 9.18. The topological polar surface area (TPSA) is 0 Å². The van der Waals surface area contributed by atoms with Gasteiger partial charge in [0.25, 0.3) is 0 Å². The van der Waals surface area contributed by atoms with Crippen LogP contribution in [0.4, 0.5) is 0 Å². The van der Waals surface area contributed by atoms with Gasteiger partial charge in [0.15, 0.2) is 0 Å². The van der Waals surface area contributed by atoms with Crippen molar-refractivity contribution in [1.29, 1.82) is 0 Å². The lowest BCUT2D eigenvalue weighted by Crippen LogP contribution is -2.47. The smallest absolute Gasteiger partial charge is 0.0976 e. The molecule has 0 aromatic heterocycles. The summed E-state index contributed by atoms with van der Waals surface area (Å²) >= 11 is 0. The van der Waals surface area contributed by atoms with Gasteiger partial charge in [-0.15, -0.1) is 0 Å². The number of allylic oxidation sites excluding steroid dienone is 5. The highest BCUT2D eigenvalue weighted by Gasteiger charge is 2.18. The summed E-state index contributed by atoms with van der Waals surface area (Å²) in [6.07, 6.45) is 12.0. The second kappa shape index (κ2) is 11.7. The minimum Gasteiger partial charge on any atom is -0.321 e. The van der Waals surface area contributed by atoms with Crippen molar-refractivity contribution in [2.24, 2.45) is 0 Å². The Hall–Kier alpha value is -0.820. The van der Waals surface area contributed by atoms with Crippen molar-refractivity contribution in [2.75, 3.05) is 26.2 Å². The molecule has 0 aromatic rings. The van der Waals surface area contributed by atoms with E-state index in [4.69, 9.17) is 0 Å². The van der Waals surface area contributed by atoms with Gasteiger partial charge in [-0.05, 0) is 80.2 Å². The molecule has 0 aromatic carbocycles. The van der Waals surface area contributed by atoms with E-state index < -0.39 is 0 Å². The summed E-state index contributed by atoms with van der Waals surface area (Å²) in [6.45, 7) is 20.8. The SMILES string of the molecule is CC[N+](CC)(CC)C/C=C(\C)CC/C=C(\C)CCC=C(C)C. The van der Waals surface area contributed by atoms with Crippen LogP contribution in [0.5, 0.6) is 0 Å². The first kappa shape index (κ1) is 21.2. The van der Waals surface area contributed by atoms with Crippen LogP contribution in [-0.4, -0.2) is 30.7 Å². The molecule has 0 N–H and O–H groups in total. The van der Waals surface area contributed by atoms with Crippen LogP contribution in [-0.2, 0) is 0 Å². The Balaban J connectivity index is 4.24. The van der Waals surface area contributed by atoms with Crippen molar-refractivity contribution >= 4 is 0 Å². The fraction of sp³-hybridized carbons (Fsp3) is 0.714. The minimum absolute atomic E-state index is 1.18. The molecule has 1 nitrogen and oxygen atoms in total. The van der Waals surface area contributed by atoms with Crippen molar-refractivity contribution < 1.29 is 4.48 Å². The normalized spacial score (nSPS) is 13.4. The number of likely N-dealkylation sites (N-methyl/N-ethyl adjacent to an activating group) is 1. The van der Waals surface area contributed by atoms with E-state index in [-0.39, 0.29) is 0 Å². The molecular weight excluding hydrogens is 266 g/mol. The lowest BCUT2D eigenvalue weighted by Gasteiger charge is -2.34. The van der Waals surface area contributed by atoms with E-state index in [9.17, 15) is 0 Å². The van der Waals surface area contributed by atoms with Gasteiger partial charge in [0, 0.05) is 0 Å². The van der Waals surface area contributed by atoms with Gasteiger partial charge < -0.3 is 4.48 Å². The Kier molecular flexibility index (Phi) is 11.3. The van der Waals surface area contributed by atoms with Crippen LogP contribution in [0.1, 0.15) is 74.1 Å². The molecule has 0 saturated carbocycles. The Morgan fingerprint density at radius 3 is 1.59 bits per heavy atom. The highest BCUT2D eigenvalue weighted by Crippen LogP contribution is 2.13. The summed E-state index contributed by atoms with van der Waals surface area (Å²) in [7, 11) is 0. The molecule has 0 fully saturated rings. The minimum atomic E-state index is 1.18. The quantitative estimate of drug-likeness (QED) is 0.311. The number of hydrogen-bond acceptors (Lipinski definition) is 0. The molecule has 0 amide bonds. The van der Waals surface area contributed by atoms with E-state index in [1.54, 1.807) is 5.57 Å². The summed E-state index contributed by atoms with van der Waals surface area (Å²) < 4.78 is 1.22. The maximum absolute atomic E-state index is 2.48. The van der Waals surface area contributed by atoms with Gasteiger partial charge in [-0.25, -0.2) is 0 Å². The van der Waals surface area contributed by atoms with E-state index in [1.807, 2.05) is 0 Å². The monoisotopic (exact) mass is 306 g/mol. The number of quaternary nitrogens is 1. The standard InChI is InChI=1S/C21H40N/c1-8-22(9-2,10-3)18-17-21(7)16-12-15-20(6)14-11-13-19(4)5/h13,15,17H,8-12,14,16,18H2,1-7H3/q+1/b20-15+,21-17+. The van der Waals surface area contributed by atoms with E-state index in [1.165, 1.54) is 67.5 Å². The largest absolute Gasteiger partial charge is 0.321 e. The van der Waals surface area contributed by atoms with E-state index in [2.05, 4.69) is 66.7 Å². The molecule has 128 valence electrons. The fourth-order valence-electron chi connectivity index (χ4n) is 2.75. The third-order valence-electron chi connectivity index (χ3n) is 4.96. The molecule has 22 heavy (non-hydrogen) atoms. The Bertz CT molecular complexity index is 368. The zero-order chi connectivity index (χ0) is 17.0. The molecule has 0 heterocycles. The summed E-state index contributed by atoms with van der Waals surface area (Å²) in [5.41, 5.74) is 4.51. The van der Waals surface area contributed by atoms with Gasteiger partial charge in [-0.3, -0.25) is 0 Å². The van der Waals surface area contributed by atoms with Crippen molar-refractivity contribution in [3.8, 4) is 0 Å². The van der Waals surface area contributed by atoms with Crippen LogP contribution in [0.25, 0.3) is 0 Å². The zero-order valence-electron chi connectivity index (χ0n) is 16.3. The van der Waals surface area contributed by atoms with Crippen LogP contribution < -0.4 is 0 Å². The first-order valence-electron chi connectivity index (χ1n) is 9.18. The molecule has 0 atom stereocenters. The molecule has 0 saturated heterocycles. The van der Waals surface area contributed by atoms with Crippen LogP contribution in [0.3, 0.4) is 0 Å². The van der Waals surface area contributed by atoms with Gasteiger partial charge in [-0.1, -0.05) is 28.9 Å². The van der Waals surface area contributed by atoms with Crippen molar-refractivity contribution in [3.05, 3.63) is 34.9 Å². The molecule has 0 aliphatic rings. The molecule has 0 unspecified atom stereocenters. The van der Waals surface area contributed by atoms with Gasteiger partial charge in [0.1, 0.15) is 0 Å². The summed E-state index contributed by atoms with van der Waals surface area (Å²) in [5.74, 6) is 0. The highest BCUT2D eigenvalue weighted by atomic mass is 15.3. The predicted octanol–water partition coefficient (Wildman–Crippen LogP) is 6.28. The Morgan fingerprint density at radius 2 is 1.14 bits per heavy atom. The van der Waals surface area contributed by atoms with E-state index >= 15 is 0 Å². The molecule has 1 heteroatoms. The molecule has 0 rings (SSSR count). The van der Waals surface area contributed by atoms with Crippen LogP contribution in [0.2, 0.25) is 0 Å². The summed E-state index contributed by atoms with van der Waals surface area (Å²) in [4.78, 5) is 0. The lowest BCUT2D eigenvalue weighted by molar-refractivity contribution is -0.917. The van der Waals surface area contributed by atoms with Crippen molar-refractivity contribution in [1.82, 2.24) is 0 Å². The van der Waals surface area contributed by atoms with Gasteiger partial charge in [-0.2, -0.15) is 0 Å². The molecule has 0 aliphatic carbocycles. The second-order valence-electron chi connectivity index (χ2n) is 6.93. The van der Waals surface area contributed by atoms with E-state index in [0.717, 1.165) is 0 Å². The summed E-state index contributed by atoms with van der Waals surface area (Å²) in [6, 6.07) is 0. The molecule has 0 bridgehead atoms. The van der Waals surface area contributed by atoms with Gasteiger partial charge in [0.05, 0.1) is 26.2 Å². The first-order chi connectivity index (χ1) is 10.4. The average Bonchev–Trinajstić information content (AvgIpc) is 2.49. The average molecular weight is 307 g/mol. The van der Waals surface area contributed by atoms with Gasteiger partial charge >= 0.3 is 0 Å². The summed E-state index contributed by atoms with van der Waals surface area (Å²) in [5, 5.41) is 0. The van der Waals surface area contributed by atoms with Crippen molar-refractivity contribution in [3.63, 3.8) is 0 Å². The Labute approximate surface area is 140 Å². The maximum Gasteiger partial charge on any atom is 0.0976 e. The maximum atomic E-state index is 2.48. The number of hydrogen-bond donors (Lipinski definition) is 0. The van der Waals surface area contributed by atoms with Crippen molar-refractivity contribution in [2.45, 2.75) is 74.1 Å². The number of nitrogens with zero attached hydrogens (tertiary/aromatic N) is 1. The van der Waals surface area contributed by atoms with Crippen LogP contribution in [0.15, 0.2) is 34.9 Å². The Morgan fingerprint density at radius 1 is 0.682 bits per heavy atom. The third-order valence-corrected chi connectivity index (χ3v) is 4.96. The third kappa shape index (κ3) is 9.25. The zero-order valence-corrected chi connectivity index (χ0v) is 16.3. The fourth-order valence-corrected chi connectivity index (χ4v) is 2.75. The highest BCUT2D eigenvalue weighted by molar-refractivity contribution is 5.05. The molecule has 0 radical (unpaired) electrons. The molecule has 0 spiro atoms. The molecule has 0 aliphatic heterocycles. The molecular formula is C21H40N+. The lowest BCUT2D eigenvalue weighted by atomic mass is 10.1. The second-order valence-corrected chi connectivity index (χ2v) is 6.93. The van der Waals surface area contributed by atoms with Crippen LogP contribution in [0, 0.1) is 0 Å². The van der Waals surface area contributed by atoms with Crippen LogP contribution >= 0.6 is 0 Å². The van der Waals surface area contributed by atoms with E-state index in [0.29, 0.717) is 0 Å².